The van der Waals surface area contributed by atoms with Gasteiger partial charge in [-0.25, -0.2) is 14.8 Å². The molecule has 0 aliphatic carbocycles. The molecule has 0 spiro atoms. The minimum absolute atomic E-state index is 0.00147. The highest BCUT2D eigenvalue weighted by atomic mass is 35.5. The minimum Gasteiger partial charge on any atom is -0.484 e. The molecule has 9 nitrogen and oxygen atoms in total. The van der Waals surface area contributed by atoms with Crippen LogP contribution in [0, 0.1) is 20.8 Å². The van der Waals surface area contributed by atoms with Crippen molar-refractivity contribution >= 4 is 56.0 Å². The van der Waals surface area contributed by atoms with E-state index >= 15 is 0 Å². The fourth-order valence-corrected chi connectivity index (χ4v) is 5.67. The van der Waals surface area contributed by atoms with E-state index in [0.717, 1.165) is 43.1 Å². The van der Waals surface area contributed by atoms with Crippen LogP contribution in [0.4, 0.5) is 10.5 Å². The molecule has 0 radical (unpaired) electrons. The number of ether oxygens (including phenoxy) is 3. The summed E-state index contributed by atoms with van der Waals surface area (Å²) in [5.41, 5.74) is 6.50. The van der Waals surface area contributed by atoms with Crippen molar-refractivity contribution in [2.75, 3.05) is 18.5 Å². The highest BCUT2D eigenvalue weighted by Gasteiger charge is 2.28. The first-order chi connectivity index (χ1) is 18.3. The number of fused-ring (bicyclic) bond motifs is 4. The number of anilines is 1. The SMILES string of the molecule is Cc1cncc(NC(=O)OC[C@H]2COc3c(cc(Cl)c4nc(-c5cc(C)cc6nc(C)cnc56)sc34)O2)c1. The van der Waals surface area contributed by atoms with Crippen LogP contribution < -0.4 is 14.8 Å². The zero-order valence-corrected chi connectivity index (χ0v) is 22.3. The number of hydrogen-bond acceptors (Lipinski definition) is 9. The monoisotopic (exact) mass is 547 g/mol. The third-order valence-electron chi connectivity index (χ3n) is 5.91. The third kappa shape index (κ3) is 4.68. The summed E-state index contributed by atoms with van der Waals surface area (Å²) < 4.78 is 18.3. The Labute approximate surface area is 226 Å². The van der Waals surface area contributed by atoms with Crippen LogP contribution in [-0.2, 0) is 4.74 Å². The zero-order chi connectivity index (χ0) is 26.4. The Kier molecular flexibility index (Phi) is 6.21. The number of carbonyl (C=O) groups excluding carboxylic acids is 1. The molecule has 0 saturated heterocycles. The van der Waals surface area contributed by atoms with Gasteiger partial charge in [0.05, 0.1) is 33.6 Å². The Morgan fingerprint density at radius 3 is 2.82 bits per heavy atom. The van der Waals surface area contributed by atoms with Crippen molar-refractivity contribution in [1.82, 2.24) is 19.9 Å². The van der Waals surface area contributed by atoms with Crippen molar-refractivity contribution in [3.8, 4) is 22.1 Å². The van der Waals surface area contributed by atoms with Crippen LogP contribution in [0.15, 0.2) is 42.9 Å². The highest BCUT2D eigenvalue weighted by molar-refractivity contribution is 7.22. The molecule has 5 aromatic rings. The van der Waals surface area contributed by atoms with Crippen molar-refractivity contribution in [3.63, 3.8) is 0 Å². The lowest BCUT2D eigenvalue weighted by Gasteiger charge is -2.26. The van der Waals surface area contributed by atoms with E-state index in [1.807, 2.05) is 32.9 Å². The number of aryl methyl sites for hydroxylation is 3. The molecule has 1 atom stereocenters. The molecule has 2 aromatic carbocycles. The van der Waals surface area contributed by atoms with Crippen molar-refractivity contribution < 1.29 is 19.0 Å². The Balaban J connectivity index is 1.24. The lowest BCUT2D eigenvalue weighted by Crippen LogP contribution is -2.35. The molecule has 192 valence electrons. The number of rotatable bonds is 4. The van der Waals surface area contributed by atoms with E-state index in [0.29, 0.717) is 27.7 Å². The van der Waals surface area contributed by atoms with Gasteiger partial charge in [-0.3, -0.25) is 15.3 Å². The van der Waals surface area contributed by atoms with Gasteiger partial charge in [-0.2, -0.15) is 0 Å². The van der Waals surface area contributed by atoms with Crippen molar-refractivity contribution in [2.45, 2.75) is 26.9 Å². The van der Waals surface area contributed by atoms with Crippen LogP contribution in [0.2, 0.25) is 5.02 Å². The Hall–Kier alpha value is -4.02. The van der Waals surface area contributed by atoms with Gasteiger partial charge in [0, 0.05) is 24.0 Å². The van der Waals surface area contributed by atoms with Gasteiger partial charge in [-0.1, -0.05) is 11.6 Å². The molecule has 11 heteroatoms. The van der Waals surface area contributed by atoms with E-state index < -0.39 is 12.2 Å². The Morgan fingerprint density at radius 1 is 1.11 bits per heavy atom. The van der Waals surface area contributed by atoms with Gasteiger partial charge in [-0.05, 0) is 50.1 Å². The maximum Gasteiger partial charge on any atom is 0.411 e. The van der Waals surface area contributed by atoms with Crippen LogP contribution in [0.3, 0.4) is 0 Å². The molecular formula is C27H22ClN5O4S. The molecule has 1 N–H and O–H groups in total. The predicted octanol–water partition coefficient (Wildman–Crippen LogP) is 6.27. The largest absolute Gasteiger partial charge is 0.484 e. The zero-order valence-electron chi connectivity index (χ0n) is 20.7. The Morgan fingerprint density at radius 2 is 1.97 bits per heavy atom. The smallest absolute Gasteiger partial charge is 0.411 e. The fourth-order valence-electron chi connectivity index (χ4n) is 4.27. The van der Waals surface area contributed by atoms with Gasteiger partial charge in [0.15, 0.2) is 17.6 Å². The molecule has 38 heavy (non-hydrogen) atoms. The average molecular weight is 548 g/mol. The van der Waals surface area contributed by atoms with Gasteiger partial charge in [0.1, 0.15) is 28.4 Å². The maximum atomic E-state index is 12.2. The van der Waals surface area contributed by atoms with Crippen LogP contribution in [-0.4, -0.2) is 45.3 Å². The molecule has 0 unspecified atom stereocenters. The first kappa shape index (κ1) is 24.3. The molecule has 0 bridgehead atoms. The number of amides is 1. The number of pyridine rings is 1. The second-order valence-electron chi connectivity index (χ2n) is 9.10. The third-order valence-corrected chi connectivity index (χ3v) is 7.29. The predicted molar refractivity (Wildman–Crippen MR) is 146 cm³/mol. The first-order valence-corrected chi connectivity index (χ1v) is 13.1. The number of benzene rings is 2. The average Bonchev–Trinajstić information content (AvgIpc) is 3.33. The quantitative estimate of drug-likeness (QED) is 0.280. The molecule has 0 saturated carbocycles. The fraction of sp³-hybridized carbons (Fsp3) is 0.222. The summed E-state index contributed by atoms with van der Waals surface area (Å²) in [6, 6.07) is 7.55. The standard InChI is InChI=1S/C27H22ClN5O4S/c1-13-5-18(22-20(6-13)31-15(3)9-30-22)26-33-23-19(28)7-21-24(25(23)38-26)35-11-17(37-21)12-36-27(34)32-16-4-14(2)8-29-10-16/h4-10,17H,11-12H2,1-3H3,(H,32,34)/t17-/m1/s1. The number of halogens is 1. The number of thiazole rings is 1. The molecular weight excluding hydrogens is 526 g/mol. The lowest BCUT2D eigenvalue weighted by molar-refractivity contribution is 0.0384. The second-order valence-corrected chi connectivity index (χ2v) is 10.5. The van der Waals surface area contributed by atoms with Crippen molar-refractivity contribution in [2.24, 2.45) is 0 Å². The summed E-state index contributed by atoms with van der Waals surface area (Å²) in [6.45, 7) is 6.03. The van der Waals surface area contributed by atoms with Crippen LogP contribution in [0.5, 0.6) is 11.5 Å². The Bertz CT molecular complexity index is 1720. The van der Waals surface area contributed by atoms with E-state index in [1.165, 1.54) is 11.3 Å². The van der Waals surface area contributed by atoms with Gasteiger partial charge in [-0.15, -0.1) is 11.3 Å². The van der Waals surface area contributed by atoms with E-state index in [4.69, 9.17) is 30.8 Å². The molecule has 1 aliphatic heterocycles. The van der Waals surface area contributed by atoms with Crippen LogP contribution >= 0.6 is 22.9 Å². The summed E-state index contributed by atoms with van der Waals surface area (Å²) in [6.07, 6.45) is 3.91. The molecule has 3 aromatic heterocycles. The summed E-state index contributed by atoms with van der Waals surface area (Å²) in [4.78, 5) is 30.3. The van der Waals surface area contributed by atoms with E-state index in [2.05, 4.69) is 20.3 Å². The summed E-state index contributed by atoms with van der Waals surface area (Å²) >= 11 is 8.08. The number of carbonyl (C=O) groups is 1. The lowest BCUT2D eigenvalue weighted by atomic mass is 10.1. The summed E-state index contributed by atoms with van der Waals surface area (Å²) in [5.74, 6) is 1.05. The van der Waals surface area contributed by atoms with Gasteiger partial charge in [0.25, 0.3) is 0 Å². The van der Waals surface area contributed by atoms with Crippen molar-refractivity contribution in [1.29, 1.82) is 0 Å². The first-order valence-electron chi connectivity index (χ1n) is 11.9. The van der Waals surface area contributed by atoms with E-state index in [9.17, 15) is 4.79 Å². The van der Waals surface area contributed by atoms with Crippen LogP contribution in [0.25, 0.3) is 31.8 Å². The normalized spacial score (nSPS) is 14.6. The topological polar surface area (TPSA) is 108 Å². The number of aromatic nitrogens is 4. The highest BCUT2D eigenvalue weighted by Crippen LogP contribution is 2.47. The number of nitrogens with one attached hydrogen (secondary N) is 1. The molecule has 1 aliphatic rings. The number of nitrogens with zero attached hydrogens (tertiary/aromatic N) is 4. The molecule has 1 amide bonds. The second kappa shape index (κ2) is 9.70. The van der Waals surface area contributed by atoms with Gasteiger partial charge >= 0.3 is 6.09 Å². The van der Waals surface area contributed by atoms with Gasteiger partial charge < -0.3 is 14.2 Å². The van der Waals surface area contributed by atoms with E-state index in [-0.39, 0.29) is 13.2 Å². The summed E-state index contributed by atoms with van der Waals surface area (Å²) in [5, 5.41) is 3.86. The van der Waals surface area contributed by atoms with Gasteiger partial charge in [0.2, 0.25) is 0 Å². The molecule has 0 fully saturated rings. The summed E-state index contributed by atoms with van der Waals surface area (Å²) in [7, 11) is 0. The maximum absolute atomic E-state index is 12.2. The minimum atomic E-state index is -0.601. The van der Waals surface area contributed by atoms with E-state index in [1.54, 1.807) is 30.7 Å². The van der Waals surface area contributed by atoms with Crippen LogP contribution in [0.1, 0.15) is 16.8 Å². The molecule has 6 rings (SSSR count). The number of hydrogen-bond donors (Lipinski definition) is 1. The molecule has 4 heterocycles. The van der Waals surface area contributed by atoms with Crippen molar-refractivity contribution in [3.05, 3.63) is 64.7 Å².